The molecule has 1 heteroatoms. The minimum atomic E-state index is 0.377. The van der Waals surface area contributed by atoms with E-state index in [9.17, 15) is 0 Å². The Labute approximate surface area is 124 Å². The average Bonchev–Trinajstić information content (AvgIpc) is 2.44. The molecule has 2 unspecified atom stereocenters. The van der Waals surface area contributed by atoms with Gasteiger partial charge in [-0.05, 0) is 42.4 Å². The standard InChI is InChI=1S/C19H28O/c1-7-9-15(5)16(6)17-10-11-19(20-12-8-2)18(13-17)14(3)4/h10-11,13-16H,8,12H2,1-6H3. The van der Waals surface area contributed by atoms with E-state index in [-0.39, 0.29) is 0 Å². The van der Waals surface area contributed by atoms with Gasteiger partial charge in [0.15, 0.2) is 0 Å². The van der Waals surface area contributed by atoms with E-state index in [4.69, 9.17) is 4.74 Å². The maximum absolute atomic E-state index is 5.86. The third kappa shape index (κ3) is 4.30. The van der Waals surface area contributed by atoms with E-state index in [1.807, 2.05) is 6.92 Å². The van der Waals surface area contributed by atoms with E-state index in [2.05, 4.69) is 64.7 Å². The van der Waals surface area contributed by atoms with Gasteiger partial charge in [0.1, 0.15) is 5.75 Å². The highest BCUT2D eigenvalue weighted by atomic mass is 16.5. The minimum Gasteiger partial charge on any atom is -0.493 e. The molecule has 110 valence electrons. The molecule has 0 N–H and O–H groups in total. The Balaban J connectivity index is 3.05. The normalized spacial score (nSPS) is 13.6. The fourth-order valence-corrected chi connectivity index (χ4v) is 2.29. The van der Waals surface area contributed by atoms with Crippen molar-refractivity contribution < 1.29 is 4.74 Å². The fourth-order valence-electron chi connectivity index (χ4n) is 2.29. The smallest absolute Gasteiger partial charge is 0.122 e. The Morgan fingerprint density at radius 1 is 1.15 bits per heavy atom. The monoisotopic (exact) mass is 272 g/mol. The van der Waals surface area contributed by atoms with Crippen LogP contribution in [0.3, 0.4) is 0 Å². The van der Waals surface area contributed by atoms with Crippen molar-refractivity contribution in [3.05, 3.63) is 29.3 Å². The van der Waals surface area contributed by atoms with Crippen LogP contribution in [0.1, 0.15) is 70.9 Å². The van der Waals surface area contributed by atoms with Gasteiger partial charge in [-0.2, -0.15) is 0 Å². The molecule has 0 radical (unpaired) electrons. The molecule has 1 aromatic rings. The van der Waals surface area contributed by atoms with Crippen molar-refractivity contribution in [1.82, 2.24) is 0 Å². The lowest BCUT2D eigenvalue weighted by Crippen LogP contribution is -2.06. The first-order valence-corrected chi connectivity index (χ1v) is 7.70. The van der Waals surface area contributed by atoms with E-state index in [0.29, 0.717) is 17.8 Å². The third-order valence-electron chi connectivity index (χ3n) is 3.77. The Hall–Kier alpha value is -1.42. The first kappa shape index (κ1) is 16.6. The van der Waals surface area contributed by atoms with Crippen LogP contribution in [-0.2, 0) is 0 Å². The van der Waals surface area contributed by atoms with E-state index in [1.54, 1.807) is 0 Å². The summed E-state index contributed by atoms with van der Waals surface area (Å²) in [7, 11) is 0. The quantitative estimate of drug-likeness (QED) is 0.633. The second-order valence-corrected chi connectivity index (χ2v) is 5.77. The van der Waals surface area contributed by atoms with Crippen LogP contribution in [0.2, 0.25) is 0 Å². The van der Waals surface area contributed by atoms with Gasteiger partial charge in [0.2, 0.25) is 0 Å². The summed E-state index contributed by atoms with van der Waals surface area (Å²) in [6.45, 7) is 13.7. The zero-order chi connectivity index (χ0) is 15.1. The number of hydrogen-bond donors (Lipinski definition) is 0. The molecule has 2 atom stereocenters. The second kappa shape index (κ2) is 8.00. The second-order valence-electron chi connectivity index (χ2n) is 5.77. The fraction of sp³-hybridized carbons (Fsp3) is 0.579. The predicted molar refractivity (Wildman–Crippen MR) is 87.3 cm³/mol. The minimum absolute atomic E-state index is 0.377. The Morgan fingerprint density at radius 3 is 2.40 bits per heavy atom. The zero-order valence-electron chi connectivity index (χ0n) is 13.8. The van der Waals surface area contributed by atoms with Crippen molar-refractivity contribution in [2.75, 3.05) is 6.61 Å². The summed E-state index contributed by atoms with van der Waals surface area (Å²) in [5.74, 6) is 8.61. The SMILES string of the molecule is CC#CC(C)C(C)c1ccc(OCCC)c(C(C)C)c1. The molecule has 1 nitrogen and oxygen atoms in total. The van der Waals surface area contributed by atoms with Gasteiger partial charge in [0, 0.05) is 5.92 Å². The molecule has 0 fully saturated rings. The van der Waals surface area contributed by atoms with Crippen LogP contribution >= 0.6 is 0 Å². The number of rotatable bonds is 6. The largest absolute Gasteiger partial charge is 0.493 e. The number of hydrogen-bond acceptors (Lipinski definition) is 1. The number of benzene rings is 1. The molecular formula is C19H28O. The van der Waals surface area contributed by atoms with Crippen LogP contribution in [0, 0.1) is 17.8 Å². The third-order valence-corrected chi connectivity index (χ3v) is 3.77. The maximum Gasteiger partial charge on any atom is 0.122 e. The molecule has 0 spiro atoms. The molecule has 0 aliphatic carbocycles. The zero-order valence-corrected chi connectivity index (χ0v) is 13.8. The van der Waals surface area contributed by atoms with Crippen LogP contribution in [0.15, 0.2) is 18.2 Å². The van der Waals surface area contributed by atoms with E-state index in [0.717, 1.165) is 18.8 Å². The van der Waals surface area contributed by atoms with E-state index < -0.39 is 0 Å². The van der Waals surface area contributed by atoms with Gasteiger partial charge >= 0.3 is 0 Å². The molecule has 0 aromatic heterocycles. The van der Waals surface area contributed by atoms with Crippen molar-refractivity contribution in [2.24, 2.45) is 5.92 Å². The first-order chi connectivity index (χ1) is 9.51. The Kier molecular flexibility index (Phi) is 6.65. The van der Waals surface area contributed by atoms with Crippen LogP contribution in [0.25, 0.3) is 0 Å². The predicted octanol–water partition coefficient (Wildman–Crippen LogP) is 5.36. The molecule has 1 rings (SSSR count). The van der Waals surface area contributed by atoms with Gasteiger partial charge in [-0.3, -0.25) is 0 Å². The van der Waals surface area contributed by atoms with Gasteiger partial charge in [0.25, 0.3) is 0 Å². The van der Waals surface area contributed by atoms with E-state index in [1.165, 1.54) is 11.1 Å². The number of ether oxygens (including phenoxy) is 1. The molecular weight excluding hydrogens is 244 g/mol. The van der Waals surface area contributed by atoms with E-state index >= 15 is 0 Å². The van der Waals surface area contributed by atoms with Crippen molar-refractivity contribution in [3.63, 3.8) is 0 Å². The molecule has 1 aromatic carbocycles. The molecule has 0 aliphatic rings. The van der Waals surface area contributed by atoms with Crippen molar-refractivity contribution >= 4 is 0 Å². The molecule has 0 saturated carbocycles. The highest BCUT2D eigenvalue weighted by molar-refractivity contribution is 5.41. The molecule has 0 bridgehead atoms. The summed E-state index contributed by atoms with van der Waals surface area (Å²) in [6.07, 6.45) is 1.04. The summed E-state index contributed by atoms with van der Waals surface area (Å²) < 4.78 is 5.86. The maximum atomic E-state index is 5.86. The Morgan fingerprint density at radius 2 is 1.85 bits per heavy atom. The summed E-state index contributed by atoms with van der Waals surface area (Å²) in [5, 5.41) is 0. The molecule has 0 saturated heterocycles. The van der Waals surface area contributed by atoms with Crippen molar-refractivity contribution in [2.45, 2.75) is 59.8 Å². The first-order valence-electron chi connectivity index (χ1n) is 7.70. The summed E-state index contributed by atoms with van der Waals surface area (Å²) in [5.41, 5.74) is 2.66. The van der Waals surface area contributed by atoms with Gasteiger partial charge in [-0.1, -0.05) is 52.7 Å². The topological polar surface area (TPSA) is 9.23 Å². The van der Waals surface area contributed by atoms with Crippen LogP contribution in [0.5, 0.6) is 5.75 Å². The summed E-state index contributed by atoms with van der Waals surface area (Å²) in [6, 6.07) is 6.62. The Bertz CT molecular complexity index is 476. The highest BCUT2D eigenvalue weighted by Crippen LogP contribution is 2.32. The lowest BCUT2D eigenvalue weighted by molar-refractivity contribution is 0.313. The van der Waals surface area contributed by atoms with Gasteiger partial charge in [0.05, 0.1) is 6.61 Å². The summed E-state index contributed by atoms with van der Waals surface area (Å²) >= 11 is 0. The van der Waals surface area contributed by atoms with Gasteiger partial charge < -0.3 is 4.74 Å². The molecule has 0 heterocycles. The van der Waals surface area contributed by atoms with Crippen LogP contribution in [0.4, 0.5) is 0 Å². The van der Waals surface area contributed by atoms with Gasteiger partial charge in [-0.15, -0.1) is 5.92 Å². The molecule has 0 aliphatic heterocycles. The highest BCUT2D eigenvalue weighted by Gasteiger charge is 2.16. The van der Waals surface area contributed by atoms with Crippen LogP contribution in [-0.4, -0.2) is 6.61 Å². The van der Waals surface area contributed by atoms with Crippen molar-refractivity contribution in [1.29, 1.82) is 0 Å². The average molecular weight is 272 g/mol. The lowest BCUT2D eigenvalue weighted by Gasteiger charge is -2.20. The van der Waals surface area contributed by atoms with Crippen molar-refractivity contribution in [3.8, 4) is 17.6 Å². The van der Waals surface area contributed by atoms with Gasteiger partial charge in [-0.25, -0.2) is 0 Å². The van der Waals surface area contributed by atoms with Crippen LogP contribution < -0.4 is 4.74 Å². The molecule has 20 heavy (non-hydrogen) atoms. The molecule has 0 amide bonds. The summed E-state index contributed by atoms with van der Waals surface area (Å²) in [4.78, 5) is 0. The lowest BCUT2D eigenvalue weighted by atomic mass is 9.87.